The van der Waals surface area contributed by atoms with Crippen molar-refractivity contribution in [2.75, 3.05) is 46.2 Å². The third-order valence-electron chi connectivity index (χ3n) is 8.82. The molecule has 5 rings (SSSR count). The minimum absolute atomic E-state index is 0.0146. The average molecular weight is 691 g/mol. The molecule has 3 heterocycles. The number of nitrogens with one attached hydrogen (secondary N) is 2. The standard InChI is InChI=1S/C33H46N4O10S/c1-33(2,12-6-13-35-30(39)17-34)20-37(48(41,42)23-9-10-27-28(16-23)46-21-45-27)18-26(38)25(15-22-7-4-3-5-8-22)36-32(40)47-29-19-44-31-24(29)11-14-43-31/h3-5,7-10,16,24-26,29,31,38H,6,11-15,17-21,34H2,1-2H3,(H,35,39)(H,36,40)/t24-,25-,26+,29+,31+/m0/s1. The number of sulfonamides is 1. The molecule has 2 fully saturated rings. The van der Waals surface area contributed by atoms with Crippen LogP contribution in [0.2, 0.25) is 0 Å². The second-order valence-corrected chi connectivity index (χ2v) is 15.0. The Morgan fingerprint density at radius 3 is 2.67 bits per heavy atom. The van der Waals surface area contributed by atoms with Crippen LogP contribution in [-0.4, -0.2) is 101 Å². The lowest BCUT2D eigenvalue weighted by Gasteiger charge is -2.35. The number of aliphatic hydroxyl groups excluding tert-OH is 1. The fourth-order valence-electron chi connectivity index (χ4n) is 6.21. The van der Waals surface area contributed by atoms with Gasteiger partial charge in [-0.25, -0.2) is 13.2 Å². The van der Waals surface area contributed by atoms with Crippen LogP contribution in [0.1, 0.15) is 38.7 Å². The molecule has 2 saturated heterocycles. The van der Waals surface area contributed by atoms with E-state index in [1.165, 1.54) is 22.5 Å². The van der Waals surface area contributed by atoms with Gasteiger partial charge in [-0.1, -0.05) is 44.2 Å². The van der Waals surface area contributed by atoms with E-state index in [9.17, 15) is 23.1 Å². The zero-order valence-corrected chi connectivity index (χ0v) is 28.2. The number of rotatable bonds is 16. The Labute approximate surface area is 281 Å². The lowest BCUT2D eigenvalue weighted by Crippen LogP contribution is -2.52. The van der Waals surface area contributed by atoms with Gasteiger partial charge in [0, 0.05) is 25.7 Å². The molecule has 264 valence electrons. The summed E-state index contributed by atoms with van der Waals surface area (Å²) in [6.45, 7) is 4.56. The number of hydrogen-bond donors (Lipinski definition) is 4. The summed E-state index contributed by atoms with van der Waals surface area (Å²) in [5.74, 6) is 0.412. The third kappa shape index (κ3) is 9.15. The number of aliphatic hydroxyl groups is 1. The molecule has 0 spiro atoms. The summed E-state index contributed by atoms with van der Waals surface area (Å²) < 4.78 is 57.4. The first kappa shape index (κ1) is 35.8. The molecule has 5 N–H and O–H groups in total. The van der Waals surface area contributed by atoms with Gasteiger partial charge in [-0.05, 0) is 48.8 Å². The van der Waals surface area contributed by atoms with E-state index < -0.39 is 46.1 Å². The number of carbonyl (C=O) groups excluding carboxylic acids is 2. The topological polar surface area (TPSA) is 188 Å². The molecule has 0 aromatic heterocycles. The number of amides is 2. The SMILES string of the molecule is CC(C)(CCCNC(=O)CN)CN(C[C@@H](O)[C@H](Cc1ccccc1)NC(=O)O[C@@H]1CO[C@H]2OCC[C@H]21)S(=O)(=O)c1ccc2c(c1)OCO2. The quantitative estimate of drug-likeness (QED) is 0.188. The molecule has 2 aromatic carbocycles. The van der Waals surface area contributed by atoms with Crippen LogP contribution in [0.15, 0.2) is 53.4 Å². The predicted octanol–water partition coefficient (Wildman–Crippen LogP) is 1.75. The van der Waals surface area contributed by atoms with Crippen LogP contribution >= 0.6 is 0 Å². The Morgan fingerprint density at radius 2 is 1.90 bits per heavy atom. The van der Waals surface area contributed by atoms with Gasteiger partial charge >= 0.3 is 6.09 Å². The maximum atomic E-state index is 14.3. The highest BCUT2D eigenvalue weighted by Crippen LogP contribution is 2.36. The molecule has 0 unspecified atom stereocenters. The normalized spacial score (nSPS) is 21.5. The summed E-state index contributed by atoms with van der Waals surface area (Å²) in [6.07, 6.45) is -0.884. The van der Waals surface area contributed by atoms with Crippen molar-refractivity contribution >= 4 is 22.0 Å². The lowest BCUT2D eigenvalue weighted by molar-refractivity contribution is -0.119. The summed E-state index contributed by atoms with van der Waals surface area (Å²) >= 11 is 0. The summed E-state index contributed by atoms with van der Waals surface area (Å²) in [5.41, 5.74) is 5.65. The first-order chi connectivity index (χ1) is 22.9. The van der Waals surface area contributed by atoms with E-state index >= 15 is 0 Å². The molecule has 48 heavy (non-hydrogen) atoms. The number of alkyl carbamates (subject to hydrolysis) is 1. The smallest absolute Gasteiger partial charge is 0.407 e. The molecule has 15 heteroatoms. The summed E-state index contributed by atoms with van der Waals surface area (Å²) in [7, 11) is -4.19. The molecule has 0 saturated carbocycles. The fraction of sp³-hybridized carbons (Fsp3) is 0.576. The molecule has 2 aromatic rings. The fourth-order valence-corrected chi connectivity index (χ4v) is 7.88. The summed E-state index contributed by atoms with van der Waals surface area (Å²) in [4.78, 5) is 24.8. The van der Waals surface area contributed by atoms with Crippen molar-refractivity contribution in [2.24, 2.45) is 17.1 Å². The number of nitrogens with zero attached hydrogens (tertiary/aromatic N) is 1. The van der Waals surface area contributed by atoms with Gasteiger partial charge in [-0.15, -0.1) is 0 Å². The van der Waals surface area contributed by atoms with E-state index in [0.29, 0.717) is 43.9 Å². The molecule has 5 atom stereocenters. The lowest BCUT2D eigenvalue weighted by atomic mass is 9.87. The minimum Gasteiger partial charge on any atom is -0.454 e. The average Bonchev–Trinajstić information content (AvgIpc) is 3.81. The van der Waals surface area contributed by atoms with Gasteiger partial charge in [0.1, 0.15) is 6.10 Å². The number of ether oxygens (including phenoxy) is 5. The molecule has 3 aliphatic heterocycles. The molecule has 2 amide bonds. The maximum Gasteiger partial charge on any atom is 0.407 e. The molecular weight excluding hydrogens is 644 g/mol. The van der Waals surface area contributed by atoms with Crippen LogP contribution in [-0.2, 0) is 35.4 Å². The van der Waals surface area contributed by atoms with Crippen molar-refractivity contribution in [1.29, 1.82) is 0 Å². The molecule has 0 radical (unpaired) electrons. The van der Waals surface area contributed by atoms with Crippen molar-refractivity contribution in [3.63, 3.8) is 0 Å². The van der Waals surface area contributed by atoms with Gasteiger partial charge in [0.05, 0.1) is 42.7 Å². The van der Waals surface area contributed by atoms with Crippen LogP contribution in [0.25, 0.3) is 0 Å². The second kappa shape index (κ2) is 15.8. The Morgan fingerprint density at radius 1 is 1.12 bits per heavy atom. The highest BCUT2D eigenvalue weighted by molar-refractivity contribution is 7.89. The van der Waals surface area contributed by atoms with E-state index in [1.807, 2.05) is 44.2 Å². The van der Waals surface area contributed by atoms with Gasteiger partial charge in [-0.2, -0.15) is 4.31 Å². The van der Waals surface area contributed by atoms with Crippen molar-refractivity contribution in [3.05, 3.63) is 54.1 Å². The van der Waals surface area contributed by atoms with Gasteiger partial charge in [-0.3, -0.25) is 4.79 Å². The van der Waals surface area contributed by atoms with Gasteiger partial charge in [0.15, 0.2) is 17.8 Å². The monoisotopic (exact) mass is 690 g/mol. The van der Waals surface area contributed by atoms with Crippen LogP contribution in [0.5, 0.6) is 11.5 Å². The van der Waals surface area contributed by atoms with Crippen molar-refractivity contribution < 1.29 is 46.8 Å². The number of fused-ring (bicyclic) bond motifs is 2. The van der Waals surface area contributed by atoms with Crippen molar-refractivity contribution in [2.45, 2.75) is 69.0 Å². The van der Waals surface area contributed by atoms with Crippen LogP contribution < -0.4 is 25.8 Å². The van der Waals surface area contributed by atoms with E-state index in [2.05, 4.69) is 10.6 Å². The molecule has 14 nitrogen and oxygen atoms in total. The van der Waals surface area contributed by atoms with Crippen molar-refractivity contribution in [1.82, 2.24) is 14.9 Å². The Hall–Kier alpha value is -3.47. The molecule has 3 aliphatic rings. The molecule has 0 bridgehead atoms. The van der Waals surface area contributed by atoms with Crippen LogP contribution in [0, 0.1) is 11.3 Å². The first-order valence-corrected chi connectivity index (χ1v) is 17.7. The number of nitrogens with two attached hydrogens (primary N) is 1. The summed E-state index contributed by atoms with van der Waals surface area (Å²) in [6, 6.07) is 12.8. The van der Waals surface area contributed by atoms with E-state index in [-0.39, 0.29) is 56.2 Å². The minimum atomic E-state index is -4.19. The van der Waals surface area contributed by atoms with Gasteiger partial charge in [0.25, 0.3) is 0 Å². The molecular formula is C33H46N4O10S. The predicted molar refractivity (Wildman–Crippen MR) is 174 cm³/mol. The second-order valence-electron chi connectivity index (χ2n) is 13.1. The van der Waals surface area contributed by atoms with Gasteiger partial charge in [0.2, 0.25) is 22.7 Å². The zero-order valence-electron chi connectivity index (χ0n) is 27.3. The Bertz CT molecular complexity index is 1510. The highest BCUT2D eigenvalue weighted by atomic mass is 32.2. The summed E-state index contributed by atoms with van der Waals surface area (Å²) in [5, 5.41) is 17.3. The van der Waals surface area contributed by atoms with Gasteiger partial charge < -0.3 is 45.2 Å². The first-order valence-electron chi connectivity index (χ1n) is 16.2. The van der Waals surface area contributed by atoms with E-state index in [0.717, 1.165) is 5.56 Å². The third-order valence-corrected chi connectivity index (χ3v) is 10.6. The van der Waals surface area contributed by atoms with E-state index in [1.54, 1.807) is 0 Å². The number of carbonyl (C=O) groups is 2. The number of benzene rings is 2. The maximum absolute atomic E-state index is 14.3. The molecule has 0 aliphatic carbocycles. The van der Waals surface area contributed by atoms with Crippen molar-refractivity contribution in [3.8, 4) is 11.5 Å². The Kier molecular flexibility index (Phi) is 11.8. The van der Waals surface area contributed by atoms with Crippen LogP contribution in [0.4, 0.5) is 4.79 Å². The Balaban J connectivity index is 1.35. The number of hydrogen-bond acceptors (Lipinski definition) is 11. The van der Waals surface area contributed by atoms with E-state index in [4.69, 9.17) is 29.4 Å². The zero-order chi connectivity index (χ0) is 34.3. The van der Waals surface area contributed by atoms with Crippen LogP contribution in [0.3, 0.4) is 0 Å². The highest BCUT2D eigenvalue weighted by Gasteiger charge is 2.44. The largest absolute Gasteiger partial charge is 0.454 e.